The van der Waals surface area contributed by atoms with Crippen molar-refractivity contribution in [2.75, 3.05) is 0 Å². The predicted molar refractivity (Wildman–Crippen MR) is 91.1 cm³/mol. The number of amidine groups is 1. The van der Waals surface area contributed by atoms with Crippen LogP contribution in [0.4, 0.5) is 0 Å². The quantitative estimate of drug-likeness (QED) is 0.804. The average molecular weight is 337 g/mol. The Hall–Kier alpha value is -1.46. The highest BCUT2D eigenvalue weighted by molar-refractivity contribution is 8.18. The second-order valence-electron chi connectivity index (χ2n) is 5.50. The Bertz CT molecular complexity index is 652. The van der Waals surface area contributed by atoms with E-state index in [4.69, 9.17) is 11.6 Å². The topological polar surface area (TPSA) is 61.7 Å². The first kappa shape index (κ1) is 15.4. The smallest absolute Gasteiger partial charge is 0.264 e. The SMILES string of the molecule is O=C1NC(=NC2CCCCC2)S/C1=C/c1ccc(O)c(Cl)c1. The van der Waals surface area contributed by atoms with Gasteiger partial charge in [-0.3, -0.25) is 9.79 Å². The van der Waals surface area contributed by atoms with E-state index < -0.39 is 0 Å². The molecule has 1 aliphatic heterocycles. The van der Waals surface area contributed by atoms with Gasteiger partial charge in [0.15, 0.2) is 5.17 Å². The van der Waals surface area contributed by atoms with Crippen LogP contribution in [0.2, 0.25) is 5.02 Å². The normalized spacial score (nSPS) is 23.2. The van der Waals surface area contributed by atoms with Crippen LogP contribution in [-0.4, -0.2) is 22.2 Å². The molecule has 1 amide bonds. The number of phenols is 1. The van der Waals surface area contributed by atoms with Crippen molar-refractivity contribution in [1.82, 2.24) is 5.32 Å². The van der Waals surface area contributed by atoms with E-state index in [-0.39, 0.29) is 16.7 Å². The summed E-state index contributed by atoms with van der Waals surface area (Å²) < 4.78 is 0. The molecule has 2 N–H and O–H groups in total. The van der Waals surface area contributed by atoms with Crippen molar-refractivity contribution in [2.45, 2.75) is 38.1 Å². The van der Waals surface area contributed by atoms with Gasteiger partial charge in [-0.1, -0.05) is 36.9 Å². The van der Waals surface area contributed by atoms with Crippen LogP contribution in [-0.2, 0) is 4.79 Å². The van der Waals surface area contributed by atoms with Crippen molar-refractivity contribution in [3.05, 3.63) is 33.7 Å². The van der Waals surface area contributed by atoms with E-state index in [0.717, 1.165) is 18.4 Å². The van der Waals surface area contributed by atoms with Crippen molar-refractivity contribution in [1.29, 1.82) is 0 Å². The molecule has 0 radical (unpaired) electrons. The number of rotatable bonds is 2. The molecule has 1 aromatic carbocycles. The van der Waals surface area contributed by atoms with Crippen LogP contribution in [0.5, 0.6) is 5.75 Å². The molecule has 1 aromatic rings. The second kappa shape index (κ2) is 6.75. The summed E-state index contributed by atoms with van der Waals surface area (Å²) in [6.45, 7) is 0. The van der Waals surface area contributed by atoms with E-state index in [0.29, 0.717) is 16.1 Å². The minimum Gasteiger partial charge on any atom is -0.506 e. The Labute approximate surface area is 138 Å². The Kier molecular flexibility index (Phi) is 4.74. The van der Waals surface area contributed by atoms with Gasteiger partial charge in [0, 0.05) is 0 Å². The second-order valence-corrected chi connectivity index (χ2v) is 6.94. The van der Waals surface area contributed by atoms with E-state index in [1.54, 1.807) is 18.2 Å². The average Bonchev–Trinajstić information content (AvgIpc) is 2.84. The lowest BCUT2D eigenvalue weighted by Crippen LogP contribution is -2.22. The predicted octanol–water partition coefficient (Wildman–Crippen LogP) is 3.94. The maximum Gasteiger partial charge on any atom is 0.264 e. The van der Waals surface area contributed by atoms with Gasteiger partial charge in [-0.25, -0.2) is 0 Å². The Morgan fingerprint density at radius 3 is 2.82 bits per heavy atom. The molecule has 6 heteroatoms. The molecule has 2 aliphatic rings. The van der Waals surface area contributed by atoms with Gasteiger partial charge in [0.05, 0.1) is 16.0 Å². The number of hydrogen-bond acceptors (Lipinski definition) is 4. The number of benzene rings is 1. The molecule has 1 heterocycles. The maximum atomic E-state index is 12.0. The zero-order chi connectivity index (χ0) is 15.5. The maximum absolute atomic E-state index is 12.0. The number of hydrogen-bond donors (Lipinski definition) is 2. The lowest BCUT2D eigenvalue weighted by molar-refractivity contribution is -0.115. The summed E-state index contributed by atoms with van der Waals surface area (Å²) in [5.74, 6) is -0.101. The Balaban J connectivity index is 1.74. The molecule has 0 bridgehead atoms. The van der Waals surface area contributed by atoms with Gasteiger partial charge in [-0.2, -0.15) is 0 Å². The molecule has 4 nitrogen and oxygen atoms in total. The summed E-state index contributed by atoms with van der Waals surface area (Å²) in [5, 5.41) is 13.2. The van der Waals surface area contributed by atoms with Gasteiger partial charge in [-0.05, 0) is 48.4 Å². The molecule has 1 aliphatic carbocycles. The standard InChI is InChI=1S/C16H17ClN2O2S/c17-12-8-10(6-7-13(12)20)9-14-15(21)19-16(22-14)18-11-4-2-1-3-5-11/h6-9,11,20H,1-5H2,(H,18,19,21)/b14-9+. The summed E-state index contributed by atoms with van der Waals surface area (Å²) in [6, 6.07) is 5.20. The van der Waals surface area contributed by atoms with Gasteiger partial charge in [0.25, 0.3) is 5.91 Å². The minimum atomic E-state index is -0.135. The van der Waals surface area contributed by atoms with Crippen LogP contribution in [0.3, 0.4) is 0 Å². The Morgan fingerprint density at radius 1 is 1.32 bits per heavy atom. The van der Waals surface area contributed by atoms with Crippen molar-refractivity contribution in [3.63, 3.8) is 0 Å². The van der Waals surface area contributed by atoms with E-state index in [1.165, 1.54) is 37.1 Å². The summed E-state index contributed by atoms with van der Waals surface area (Å²) in [4.78, 5) is 17.3. The third kappa shape index (κ3) is 3.65. The zero-order valence-corrected chi connectivity index (χ0v) is 13.6. The van der Waals surface area contributed by atoms with E-state index in [1.807, 2.05) is 0 Å². The summed E-state index contributed by atoms with van der Waals surface area (Å²) in [7, 11) is 0. The number of aliphatic imine (C=N–C) groups is 1. The number of carbonyl (C=O) groups excluding carboxylic acids is 1. The summed E-state index contributed by atoms with van der Waals surface area (Å²) >= 11 is 7.25. The van der Waals surface area contributed by atoms with E-state index >= 15 is 0 Å². The molecule has 1 saturated carbocycles. The number of carbonyl (C=O) groups is 1. The van der Waals surface area contributed by atoms with E-state index in [9.17, 15) is 9.90 Å². The van der Waals surface area contributed by atoms with E-state index in [2.05, 4.69) is 10.3 Å². The monoisotopic (exact) mass is 336 g/mol. The van der Waals surface area contributed by atoms with Crippen molar-refractivity contribution in [2.24, 2.45) is 4.99 Å². The first-order valence-electron chi connectivity index (χ1n) is 7.39. The third-order valence-electron chi connectivity index (χ3n) is 3.79. The van der Waals surface area contributed by atoms with Crippen LogP contribution in [0.15, 0.2) is 28.1 Å². The molecular formula is C16H17ClN2O2S. The molecule has 0 spiro atoms. The number of nitrogens with zero attached hydrogens (tertiary/aromatic N) is 1. The van der Waals surface area contributed by atoms with Gasteiger partial charge < -0.3 is 10.4 Å². The molecule has 0 unspecified atom stereocenters. The number of aromatic hydroxyl groups is 1. The highest BCUT2D eigenvalue weighted by Gasteiger charge is 2.25. The lowest BCUT2D eigenvalue weighted by atomic mass is 9.96. The number of thioether (sulfide) groups is 1. The molecular weight excluding hydrogens is 320 g/mol. The zero-order valence-electron chi connectivity index (χ0n) is 12.0. The summed E-state index contributed by atoms with van der Waals surface area (Å²) in [6.07, 6.45) is 7.69. The van der Waals surface area contributed by atoms with Gasteiger partial charge in [-0.15, -0.1) is 0 Å². The summed E-state index contributed by atoms with van der Waals surface area (Å²) in [5.41, 5.74) is 0.777. The van der Waals surface area contributed by atoms with Crippen molar-refractivity contribution >= 4 is 40.5 Å². The molecule has 3 rings (SSSR count). The van der Waals surface area contributed by atoms with Crippen LogP contribution in [0, 0.1) is 0 Å². The minimum absolute atomic E-state index is 0.0342. The third-order valence-corrected chi connectivity index (χ3v) is 5.02. The molecule has 1 saturated heterocycles. The number of phenolic OH excluding ortho intramolecular Hbond substituents is 1. The van der Waals surface area contributed by atoms with Gasteiger partial charge in [0.1, 0.15) is 5.75 Å². The molecule has 0 atom stereocenters. The Morgan fingerprint density at radius 2 is 2.09 bits per heavy atom. The van der Waals surface area contributed by atoms with Crippen LogP contribution in [0.1, 0.15) is 37.7 Å². The van der Waals surface area contributed by atoms with Gasteiger partial charge in [0.2, 0.25) is 0 Å². The first-order chi connectivity index (χ1) is 10.6. The highest BCUT2D eigenvalue weighted by atomic mass is 35.5. The molecule has 22 heavy (non-hydrogen) atoms. The largest absolute Gasteiger partial charge is 0.506 e. The van der Waals surface area contributed by atoms with Crippen LogP contribution < -0.4 is 5.32 Å². The molecule has 2 fully saturated rings. The lowest BCUT2D eigenvalue weighted by Gasteiger charge is -2.17. The molecule has 0 aromatic heterocycles. The van der Waals surface area contributed by atoms with Crippen molar-refractivity contribution in [3.8, 4) is 5.75 Å². The fourth-order valence-electron chi connectivity index (χ4n) is 2.63. The van der Waals surface area contributed by atoms with Crippen LogP contribution >= 0.6 is 23.4 Å². The first-order valence-corrected chi connectivity index (χ1v) is 8.58. The number of amides is 1. The molecule has 116 valence electrons. The number of halogens is 1. The fraction of sp³-hybridized carbons (Fsp3) is 0.375. The fourth-order valence-corrected chi connectivity index (χ4v) is 3.71. The number of nitrogens with one attached hydrogen (secondary N) is 1. The van der Waals surface area contributed by atoms with Gasteiger partial charge >= 0.3 is 0 Å². The van der Waals surface area contributed by atoms with Crippen LogP contribution in [0.25, 0.3) is 6.08 Å². The highest BCUT2D eigenvalue weighted by Crippen LogP contribution is 2.30. The van der Waals surface area contributed by atoms with Crippen molar-refractivity contribution < 1.29 is 9.90 Å².